The number of nitro groups is 1. The maximum Gasteiger partial charge on any atom is 0.315 e. The maximum absolute atomic E-state index is 11.1. The number of phenols is 1. The average molecular weight is 304 g/mol. The van der Waals surface area contributed by atoms with Gasteiger partial charge in [-0.25, -0.2) is 0 Å². The van der Waals surface area contributed by atoms with Gasteiger partial charge in [-0.1, -0.05) is 0 Å². The summed E-state index contributed by atoms with van der Waals surface area (Å²) in [6.45, 7) is 3.57. The predicted octanol–water partition coefficient (Wildman–Crippen LogP) is 1.73. The lowest BCUT2D eigenvalue weighted by atomic mass is 10.0. The molecule has 3 rings (SSSR count). The first-order chi connectivity index (χ1) is 10.6. The molecule has 0 amide bonds. The Kier molecular flexibility index (Phi) is 3.68. The van der Waals surface area contributed by atoms with E-state index in [4.69, 9.17) is 4.74 Å². The number of nitrogens with zero attached hydrogens (tertiary/aromatic N) is 2. The summed E-state index contributed by atoms with van der Waals surface area (Å²) in [4.78, 5) is 10.5. The molecule has 2 aromatic rings. The Morgan fingerprint density at radius 3 is 3.05 bits per heavy atom. The van der Waals surface area contributed by atoms with E-state index in [-0.39, 0.29) is 11.4 Å². The molecule has 0 atom stereocenters. The van der Waals surface area contributed by atoms with Crippen LogP contribution in [0.3, 0.4) is 0 Å². The Morgan fingerprint density at radius 1 is 1.50 bits per heavy atom. The molecule has 0 saturated heterocycles. The molecule has 0 radical (unpaired) electrons. The highest BCUT2D eigenvalue weighted by atomic mass is 16.6. The van der Waals surface area contributed by atoms with Crippen molar-refractivity contribution >= 4 is 5.69 Å². The van der Waals surface area contributed by atoms with Crippen molar-refractivity contribution in [3.05, 3.63) is 33.5 Å². The van der Waals surface area contributed by atoms with E-state index in [1.54, 1.807) is 13.0 Å². The second-order valence-corrected chi connectivity index (χ2v) is 4.99. The van der Waals surface area contributed by atoms with Crippen LogP contribution in [0.2, 0.25) is 0 Å². The van der Waals surface area contributed by atoms with E-state index in [1.165, 1.54) is 6.07 Å². The van der Waals surface area contributed by atoms with E-state index in [2.05, 4.69) is 15.5 Å². The van der Waals surface area contributed by atoms with Gasteiger partial charge in [0.05, 0.1) is 17.2 Å². The van der Waals surface area contributed by atoms with E-state index in [0.29, 0.717) is 24.4 Å². The van der Waals surface area contributed by atoms with Crippen LogP contribution in [0.1, 0.15) is 18.2 Å². The van der Waals surface area contributed by atoms with Crippen molar-refractivity contribution in [2.45, 2.75) is 19.9 Å². The molecule has 1 aliphatic rings. The number of nitro benzene ring substituents is 1. The fourth-order valence-corrected chi connectivity index (χ4v) is 2.60. The van der Waals surface area contributed by atoms with Crippen LogP contribution < -0.4 is 10.1 Å². The lowest BCUT2D eigenvalue weighted by Gasteiger charge is -2.13. The van der Waals surface area contributed by atoms with Crippen molar-refractivity contribution in [2.24, 2.45) is 0 Å². The molecule has 1 aromatic heterocycles. The van der Waals surface area contributed by atoms with E-state index in [1.807, 2.05) is 0 Å². The van der Waals surface area contributed by atoms with E-state index >= 15 is 0 Å². The van der Waals surface area contributed by atoms with Gasteiger partial charge in [-0.15, -0.1) is 0 Å². The number of aromatic hydroxyl groups is 1. The summed E-state index contributed by atoms with van der Waals surface area (Å²) < 4.78 is 5.30. The molecule has 0 spiro atoms. The van der Waals surface area contributed by atoms with Crippen LogP contribution in [0.4, 0.5) is 5.69 Å². The third-order valence-corrected chi connectivity index (χ3v) is 3.63. The zero-order chi connectivity index (χ0) is 15.7. The molecule has 0 unspecified atom stereocenters. The van der Waals surface area contributed by atoms with Gasteiger partial charge in [0.25, 0.3) is 0 Å². The van der Waals surface area contributed by atoms with Crippen LogP contribution in [-0.2, 0) is 13.0 Å². The van der Waals surface area contributed by atoms with Gasteiger partial charge >= 0.3 is 5.69 Å². The number of benzene rings is 1. The normalized spacial score (nSPS) is 13.7. The van der Waals surface area contributed by atoms with Gasteiger partial charge in [-0.2, -0.15) is 5.10 Å². The molecular weight excluding hydrogens is 288 g/mol. The largest absolute Gasteiger partial charge is 0.500 e. The molecule has 0 bridgehead atoms. The average Bonchev–Trinajstić information content (AvgIpc) is 2.93. The lowest BCUT2D eigenvalue weighted by Crippen LogP contribution is -2.23. The molecule has 8 nitrogen and oxygen atoms in total. The molecule has 0 fully saturated rings. The predicted molar refractivity (Wildman–Crippen MR) is 78.9 cm³/mol. The van der Waals surface area contributed by atoms with Crippen molar-refractivity contribution in [1.29, 1.82) is 0 Å². The molecule has 1 aliphatic heterocycles. The zero-order valence-corrected chi connectivity index (χ0v) is 12.0. The smallest absolute Gasteiger partial charge is 0.315 e. The highest BCUT2D eigenvalue weighted by molar-refractivity contribution is 5.73. The van der Waals surface area contributed by atoms with Gasteiger partial charge in [0.2, 0.25) is 5.75 Å². The first-order valence-corrected chi connectivity index (χ1v) is 7.03. The minimum atomic E-state index is -0.626. The van der Waals surface area contributed by atoms with Crippen LogP contribution in [0.25, 0.3) is 11.3 Å². The van der Waals surface area contributed by atoms with E-state index in [0.717, 1.165) is 24.2 Å². The summed E-state index contributed by atoms with van der Waals surface area (Å²) in [7, 11) is 0. The number of ether oxygens (including phenoxy) is 1. The van der Waals surface area contributed by atoms with Crippen LogP contribution in [0.15, 0.2) is 12.1 Å². The maximum atomic E-state index is 11.1. The van der Waals surface area contributed by atoms with Crippen molar-refractivity contribution in [3.8, 4) is 22.8 Å². The molecule has 3 N–H and O–H groups in total. The fraction of sp³-hybridized carbons (Fsp3) is 0.357. The Morgan fingerprint density at radius 2 is 2.32 bits per heavy atom. The number of hydrogen-bond donors (Lipinski definition) is 3. The summed E-state index contributed by atoms with van der Waals surface area (Å²) in [5, 5.41) is 31.6. The zero-order valence-electron chi connectivity index (χ0n) is 12.0. The van der Waals surface area contributed by atoms with Gasteiger partial charge in [0.1, 0.15) is 0 Å². The SMILES string of the molecule is CCOc1cc(-c2n[nH]c3c2CNCC3)cc([N+](=O)[O-])c1O. The van der Waals surface area contributed by atoms with Gasteiger partial charge < -0.3 is 15.2 Å². The monoisotopic (exact) mass is 304 g/mol. The van der Waals surface area contributed by atoms with Gasteiger partial charge in [0, 0.05) is 42.4 Å². The molecular formula is C14H16N4O4. The molecule has 22 heavy (non-hydrogen) atoms. The highest BCUT2D eigenvalue weighted by Gasteiger charge is 2.24. The Bertz CT molecular complexity index is 726. The van der Waals surface area contributed by atoms with Gasteiger partial charge in [-0.05, 0) is 13.0 Å². The molecule has 1 aromatic carbocycles. The standard InChI is InChI=1S/C14H16N4O4/c1-2-22-12-6-8(5-11(14(12)19)18(20)21)13-9-7-15-4-3-10(9)16-17-13/h5-6,15,19H,2-4,7H2,1H3,(H,16,17). The van der Waals surface area contributed by atoms with Crippen molar-refractivity contribution in [1.82, 2.24) is 15.5 Å². The summed E-state index contributed by atoms with van der Waals surface area (Å²) >= 11 is 0. The topological polar surface area (TPSA) is 113 Å². The number of nitrogens with one attached hydrogen (secondary N) is 2. The van der Waals surface area contributed by atoms with Gasteiger partial charge in [-0.3, -0.25) is 15.2 Å². The van der Waals surface area contributed by atoms with Crippen LogP contribution in [0, 0.1) is 10.1 Å². The summed E-state index contributed by atoms with van der Waals surface area (Å²) in [5.41, 5.74) is 2.83. The number of rotatable bonds is 4. The minimum Gasteiger partial charge on any atom is -0.500 e. The summed E-state index contributed by atoms with van der Waals surface area (Å²) in [5.74, 6) is -0.370. The number of hydrogen-bond acceptors (Lipinski definition) is 6. The number of fused-ring (bicyclic) bond motifs is 1. The van der Waals surface area contributed by atoms with Crippen molar-refractivity contribution in [2.75, 3.05) is 13.2 Å². The number of H-pyrrole nitrogens is 1. The van der Waals surface area contributed by atoms with Crippen molar-refractivity contribution < 1.29 is 14.8 Å². The highest BCUT2D eigenvalue weighted by Crippen LogP contribution is 2.41. The Hall–Kier alpha value is -2.61. The molecule has 2 heterocycles. The number of aromatic nitrogens is 2. The second kappa shape index (κ2) is 5.64. The van der Waals surface area contributed by atoms with Crippen molar-refractivity contribution in [3.63, 3.8) is 0 Å². The summed E-state index contributed by atoms with van der Waals surface area (Å²) in [6, 6.07) is 2.90. The number of aromatic amines is 1. The van der Waals surface area contributed by atoms with Crippen LogP contribution >= 0.6 is 0 Å². The first-order valence-electron chi connectivity index (χ1n) is 7.03. The fourth-order valence-electron chi connectivity index (χ4n) is 2.60. The molecule has 0 aliphatic carbocycles. The Balaban J connectivity index is 2.14. The summed E-state index contributed by atoms with van der Waals surface area (Å²) in [6.07, 6.45) is 0.834. The minimum absolute atomic E-state index is 0.0900. The van der Waals surface area contributed by atoms with E-state index in [9.17, 15) is 15.2 Å². The molecule has 116 valence electrons. The molecule has 8 heteroatoms. The third kappa shape index (κ3) is 2.37. The van der Waals surface area contributed by atoms with Crippen LogP contribution in [0.5, 0.6) is 11.5 Å². The first kappa shape index (κ1) is 14.3. The lowest BCUT2D eigenvalue weighted by molar-refractivity contribution is -0.385. The Labute approximate surface area is 126 Å². The third-order valence-electron chi connectivity index (χ3n) is 3.63. The number of phenolic OH excluding ortho intramolecular Hbond substituents is 1. The quantitative estimate of drug-likeness (QED) is 0.585. The molecule has 0 saturated carbocycles. The second-order valence-electron chi connectivity index (χ2n) is 4.99. The van der Waals surface area contributed by atoms with Crippen LogP contribution in [-0.4, -0.2) is 33.4 Å². The van der Waals surface area contributed by atoms with E-state index < -0.39 is 10.7 Å². The van der Waals surface area contributed by atoms with Gasteiger partial charge in [0.15, 0.2) is 5.75 Å².